The summed E-state index contributed by atoms with van der Waals surface area (Å²) in [6.45, 7) is 7.22. The molecule has 3 saturated carbocycles. The lowest BCUT2D eigenvalue weighted by Crippen LogP contribution is -2.50. The Kier molecular flexibility index (Phi) is 3.74. The van der Waals surface area contributed by atoms with Crippen LogP contribution >= 0.6 is 0 Å². The molecule has 3 fully saturated rings. The highest BCUT2D eigenvalue weighted by Gasteiger charge is 2.60. The Morgan fingerprint density at radius 1 is 1.13 bits per heavy atom. The first-order chi connectivity index (χ1) is 10.9. The van der Waals surface area contributed by atoms with E-state index < -0.39 is 0 Å². The van der Waals surface area contributed by atoms with Gasteiger partial charge in [0.15, 0.2) is 0 Å². The van der Waals surface area contributed by atoms with Gasteiger partial charge in [-0.05, 0) is 79.4 Å². The molecule has 0 aromatic carbocycles. The Hall–Kier alpha value is -0.340. The molecule has 2 heteroatoms. The third-order valence-electron chi connectivity index (χ3n) is 8.76. The fourth-order valence-electron chi connectivity index (χ4n) is 7.50. The van der Waals surface area contributed by atoms with Crippen molar-refractivity contribution < 1.29 is 10.2 Å². The van der Waals surface area contributed by atoms with Crippen LogP contribution in [0.3, 0.4) is 0 Å². The number of hydrogen-bond donors (Lipinski definition) is 2. The van der Waals surface area contributed by atoms with E-state index in [4.69, 9.17) is 0 Å². The van der Waals surface area contributed by atoms with Gasteiger partial charge in [0.2, 0.25) is 0 Å². The quantitative estimate of drug-likeness (QED) is 0.707. The number of aliphatic hydroxyl groups is 2. The lowest BCUT2D eigenvalue weighted by molar-refractivity contribution is -0.0522. The molecule has 1 unspecified atom stereocenters. The van der Waals surface area contributed by atoms with Crippen LogP contribution in [0.25, 0.3) is 0 Å². The summed E-state index contributed by atoms with van der Waals surface area (Å²) in [5.41, 5.74) is 2.22. The number of aliphatic hydroxyl groups excluding tert-OH is 2. The molecule has 8 atom stereocenters. The lowest BCUT2D eigenvalue weighted by Gasteiger charge is -2.58. The molecule has 0 aliphatic heterocycles. The first-order valence-electron chi connectivity index (χ1n) is 9.95. The normalized spacial score (nSPS) is 55.6. The van der Waals surface area contributed by atoms with Crippen LogP contribution in [-0.2, 0) is 0 Å². The van der Waals surface area contributed by atoms with Crippen LogP contribution in [0.5, 0.6) is 0 Å². The molecule has 130 valence electrons. The van der Waals surface area contributed by atoms with Crippen LogP contribution in [-0.4, -0.2) is 22.4 Å². The molecule has 2 nitrogen and oxygen atoms in total. The molecule has 4 rings (SSSR count). The van der Waals surface area contributed by atoms with Gasteiger partial charge in [-0.15, -0.1) is 0 Å². The zero-order valence-electron chi connectivity index (χ0n) is 15.1. The Morgan fingerprint density at radius 3 is 2.65 bits per heavy atom. The van der Waals surface area contributed by atoms with Gasteiger partial charge < -0.3 is 10.2 Å². The second-order valence-electron chi connectivity index (χ2n) is 9.52. The predicted molar refractivity (Wildman–Crippen MR) is 92.9 cm³/mol. The second kappa shape index (κ2) is 5.33. The molecule has 0 saturated heterocycles. The number of fused-ring (bicyclic) bond motifs is 5. The van der Waals surface area contributed by atoms with E-state index in [0.717, 1.165) is 43.9 Å². The zero-order chi connectivity index (χ0) is 16.4. The third kappa shape index (κ3) is 2.13. The third-order valence-corrected chi connectivity index (χ3v) is 8.76. The lowest BCUT2D eigenvalue weighted by atomic mass is 9.47. The van der Waals surface area contributed by atoms with Crippen molar-refractivity contribution in [2.75, 3.05) is 0 Å². The highest BCUT2D eigenvalue weighted by Crippen LogP contribution is 2.66. The maximum Gasteiger partial charge on any atom is 0.0577 e. The van der Waals surface area contributed by atoms with Crippen LogP contribution in [0.2, 0.25) is 0 Å². The molecule has 0 spiro atoms. The summed E-state index contributed by atoms with van der Waals surface area (Å²) in [5, 5.41) is 20.7. The second-order valence-corrected chi connectivity index (χ2v) is 9.52. The van der Waals surface area contributed by atoms with Gasteiger partial charge in [0, 0.05) is 0 Å². The molecular formula is C21H34O2. The molecule has 23 heavy (non-hydrogen) atoms. The van der Waals surface area contributed by atoms with E-state index >= 15 is 0 Å². The van der Waals surface area contributed by atoms with Crippen molar-refractivity contribution in [2.45, 2.75) is 84.3 Å². The Bertz CT molecular complexity index is 512. The molecule has 2 N–H and O–H groups in total. The average molecular weight is 319 g/mol. The molecular weight excluding hydrogens is 284 g/mol. The minimum atomic E-state index is -0.113. The standard InChI is InChI=1S/C21H34O2/c1-4-16-19(23)12-18-15-6-5-13-11-14(22)7-9-20(13,2)17(15)8-10-21(16,18)3/h5,14-19,22-23H,4,6-12H2,1-3H3/t14-,15+,16-,17-,18-,19?,20-,21+/m0/s1. The minimum absolute atomic E-state index is 0.0832. The van der Waals surface area contributed by atoms with Crippen molar-refractivity contribution in [2.24, 2.45) is 34.5 Å². The summed E-state index contributed by atoms with van der Waals surface area (Å²) in [7, 11) is 0. The summed E-state index contributed by atoms with van der Waals surface area (Å²) in [6, 6.07) is 0. The molecule has 0 aromatic rings. The smallest absolute Gasteiger partial charge is 0.0577 e. The number of allylic oxidation sites excluding steroid dienone is 1. The Balaban J connectivity index is 1.67. The van der Waals surface area contributed by atoms with Gasteiger partial charge in [0.1, 0.15) is 0 Å². The Labute approximate surface area is 141 Å². The van der Waals surface area contributed by atoms with Crippen molar-refractivity contribution in [3.8, 4) is 0 Å². The minimum Gasteiger partial charge on any atom is -0.393 e. The molecule has 0 radical (unpaired) electrons. The SMILES string of the molecule is CC[C@H]1C(O)C[C@H]2[C@@H]3CC=C4C[C@@H](O)CC[C@]4(C)[C@H]3CC[C@]12C. The van der Waals surface area contributed by atoms with Gasteiger partial charge in [0.25, 0.3) is 0 Å². The fraction of sp³-hybridized carbons (Fsp3) is 0.905. The molecule has 0 heterocycles. The van der Waals surface area contributed by atoms with Gasteiger partial charge in [-0.3, -0.25) is 0 Å². The van der Waals surface area contributed by atoms with Crippen LogP contribution < -0.4 is 0 Å². The van der Waals surface area contributed by atoms with Crippen LogP contribution in [0.1, 0.15) is 72.1 Å². The maximum atomic E-state index is 10.7. The van der Waals surface area contributed by atoms with E-state index in [2.05, 4.69) is 26.8 Å². The summed E-state index contributed by atoms with van der Waals surface area (Å²) in [5.74, 6) is 2.72. The molecule has 0 bridgehead atoms. The van der Waals surface area contributed by atoms with Crippen LogP contribution in [0.15, 0.2) is 11.6 Å². The largest absolute Gasteiger partial charge is 0.393 e. The highest BCUT2D eigenvalue weighted by molar-refractivity contribution is 5.25. The molecule has 4 aliphatic rings. The molecule has 4 aliphatic carbocycles. The average Bonchev–Trinajstić information content (AvgIpc) is 2.77. The van der Waals surface area contributed by atoms with Gasteiger partial charge in [0.05, 0.1) is 12.2 Å². The summed E-state index contributed by atoms with van der Waals surface area (Å²) < 4.78 is 0. The van der Waals surface area contributed by atoms with Crippen LogP contribution in [0, 0.1) is 34.5 Å². The zero-order valence-corrected chi connectivity index (χ0v) is 15.1. The first kappa shape index (κ1) is 16.1. The van der Waals surface area contributed by atoms with E-state index in [1.807, 2.05) is 0 Å². The van der Waals surface area contributed by atoms with Crippen molar-refractivity contribution in [3.05, 3.63) is 11.6 Å². The maximum absolute atomic E-state index is 10.7. The number of rotatable bonds is 1. The predicted octanol–water partition coefficient (Wildman–Crippen LogP) is 4.31. The highest BCUT2D eigenvalue weighted by atomic mass is 16.3. The summed E-state index contributed by atoms with van der Waals surface area (Å²) in [6.07, 6.45) is 11.3. The van der Waals surface area contributed by atoms with E-state index in [1.54, 1.807) is 5.57 Å². The van der Waals surface area contributed by atoms with Crippen molar-refractivity contribution in [1.29, 1.82) is 0 Å². The summed E-state index contributed by atoms with van der Waals surface area (Å²) in [4.78, 5) is 0. The van der Waals surface area contributed by atoms with E-state index in [9.17, 15) is 10.2 Å². The Morgan fingerprint density at radius 2 is 1.91 bits per heavy atom. The van der Waals surface area contributed by atoms with Crippen molar-refractivity contribution in [3.63, 3.8) is 0 Å². The van der Waals surface area contributed by atoms with E-state index in [-0.39, 0.29) is 12.2 Å². The van der Waals surface area contributed by atoms with E-state index in [1.165, 1.54) is 19.3 Å². The van der Waals surface area contributed by atoms with Crippen molar-refractivity contribution in [1.82, 2.24) is 0 Å². The fourth-order valence-corrected chi connectivity index (χ4v) is 7.50. The van der Waals surface area contributed by atoms with E-state index in [0.29, 0.717) is 22.7 Å². The van der Waals surface area contributed by atoms with Gasteiger partial charge in [-0.2, -0.15) is 0 Å². The first-order valence-corrected chi connectivity index (χ1v) is 9.95. The molecule has 0 amide bonds. The van der Waals surface area contributed by atoms with Gasteiger partial charge in [-0.25, -0.2) is 0 Å². The monoisotopic (exact) mass is 318 g/mol. The van der Waals surface area contributed by atoms with Crippen molar-refractivity contribution >= 4 is 0 Å². The van der Waals surface area contributed by atoms with Gasteiger partial charge >= 0.3 is 0 Å². The molecule has 0 aromatic heterocycles. The topological polar surface area (TPSA) is 40.5 Å². The number of hydrogen-bond acceptors (Lipinski definition) is 2. The van der Waals surface area contributed by atoms with Crippen LogP contribution in [0.4, 0.5) is 0 Å². The summed E-state index contributed by atoms with van der Waals surface area (Å²) >= 11 is 0. The van der Waals surface area contributed by atoms with Gasteiger partial charge in [-0.1, -0.05) is 38.8 Å².